The van der Waals surface area contributed by atoms with Crippen molar-refractivity contribution in [3.05, 3.63) is 75.4 Å². The molecule has 148 valence electrons. The van der Waals surface area contributed by atoms with Gasteiger partial charge in [0.1, 0.15) is 11.7 Å². The van der Waals surface area contributed by atoms with E-state index in [9.17, 15) is 18.0 Å². The zero-order valence-corrected chi connectivity index (χ0v) is 15.7. The van der Waals surface area contributed by atoms with Gasteiger partial charge in [-0.15, -0.1) is 0 Å². The molecule has 0 unspecified atom stereocenters. The van der Waals surface area contributed by atoms with Crippen LogP contribution in [0, 0.1) is 0 Å². The van der Waals surface area contributed by atoms with Gasteiger partial charge in [0.2, 0.25) is 0 Å². The van der Waals surface area contributed by atoms with Gasteiger partial charge in [-0.3, -0.25) is 9.36 Å². The van der Waals surface area contributed by atoms with Crippen molar-refractivity contribution in [3.8, 4) is 0 Å². The Morgan fingerprint density at radius 2 is 1.93 bits per heavy atom. The summed E-state index contributed by atoms with van der Waals surface area (Å²) in [5, 5.41) is 5.13. The molecule has 0 N–H and O–H groups in total. The molecule has 29 heavy (non-hydrogen) atoms. The summed E-state index contributed by atoms with van der Waals surface area (Å²) in [5.41, 5.74) is 2.19. The van der Waals surface area contributed by atoms with Crippen LogP contribution in [0.5, 0.6) is 0 Å². The van der Waals surface area contributed by atoms with Gasteiger partial charge in [-0.25, -0.2) is 9.50 Å². The van der Waals surface area contributed by atoms with Crippen LogP contribution in [0.1, 0.15) is 29.4 Å². The molecule has 0 aliphatic heterocycles. The van der Waals surface area contributed by atoms with Gasteiger partial charge >= 0.3 is 6.18 Å². The molecule has 5 rings (SSSR count). The van der Waals surface area contributed by atoms with Crippen LogP contribution in [0.25, 0.3) is 16.6 Å². The van der Waals surface area contributed by atoms with E-state index >= 15 is 0 Å². The van der Waals surface area contributed by atoms with Gasteiger partial charge in [-0.2, -0.15) is 18.3 Å². The van der Waals surface area contributed by atoms with Crippen molar-refractivity contribution in [2.45, 2.75) is 31.0 Å². The standard InChI is InChI=1S/C20H14ClF3N4O/c21-17-9-15(19-25-5-6-28(19)26-17)14-8-13(14)12-2-1-11-3-4-18(29)27(16(11)7-12)10-20(22,23)24/h1-7,9,13-14H,8,10H2/t13-,14+/m1/s1. The first kappa shape index (κ1) is 18.2. The summed E-state index contributed by atoms with van der Waals surface area (Å²) in [6.07, 6.45) is -0.291. The van der Waals surface area contributed by atoms with E-state index in [-0.39, 0.29) is 17.4 Å². The highest BCUT2D eigenvalue weighted by Gasteiger charge is 2.41. The number of benzene rings is 1. The third-order valence-corrected chi connectivity index (χ3v) is 5.51. The fourth-order valence-electron chi connectivity index (χ4n) is 3.97. The molecule has 2 atom stereocenters. The highest BCUT2D eigenvalue weighted by atomic mass is 35.5. The van der Waals surface area contributed by atoms with E-state index in [1.165, 1.54) is 6.07 Å². The Hall–Kier alpha value is -2.87. The van der Waals surface area contributed by atoms with Crippen molar-refractivity contribution in [1.82, 2.24) is 19.2 Å². The van der Waals surface area contributed by atoms with Gasteiger partial charge in [-0.05, 0) is 47.4 Å². The minimum Gasteiger partial charge on any atom is -0.299 e. The Labute approximate surface area is 167 Å². The number of nitrogens with zero attached hydrogens (tertiary/aromatic N) is 4. The minimum atomic E-state index is -4.48. The van der Waals surface area contributed by atoms with Crippen molar-refractivity contribution < 1.29 is 13.2 Å². The van der Waals surface area contributed by atoms with Gasteiger partial charge < -0.3 is 0 Å². The molecule has 4 aromatic rings. The summed E-state index contributed by atoms with van der Waals surface area (Å²) in [7, 11) is 0. The minimum absolute atomic E-state index is 0.119. The lowest BCUT2D eigenvalue weighted by atomic mass is 10.0. The average Bonchev–Trinajstić information content (AvgIpc) is 3.32. The monoisotopic (exact) mass is 418 g/mol. The first-order valence-corrected chi connectivity index (χ1v) is 9.38. The summed E-state index contributed by atoms with van der Waals surface area (Å²) in [5.74, 6) is 0.261. The second kappa shape index (κ2) is 6.32. The summed E-state index contributed by atoms with van der Waals surface area (Å²) in [4.78, 5) is 16.4. The van der Waals surface area contributed by atoms with Crippen molar-refractivity contribution in [2.24, 2.45) is 0 Å². The van der Waals surface area contributed by atoms with Crippen molar-refractivity contribution in [3.63, 3.8) is 0 Å². The van der Waals surface area contributed by atoms with Crippen molar-refractivity contribution in [2.75, 3.05) is 0 Å². The first-order chi connectivity index (χ1) is 13.8. The van der Waals surface area contributed by atoms with E-state index in [1.54, 1.807) is 41.2 Å². The number of halogens is 4. The molecule has 3 aromatic heterocycles. The number of hydrogen-bond donors (Lipinski definition) is 0. The van der Waals surface area contributed by atoms with E-state index in [2.05, 4.69) is 10.1 Å². The molecule has 5 nitrogen and oxygen atoms in total. The van der Waals surface area contributed by atoms with Crippen LogP contribution in [0.4, 0.5) is 13.2 Å². The average molecular weight is 419 g/mol. The van der Waals surface area contributed by atoms with Gasteiger partial charge in [0, 0.05) is 24.0 Å². The number of imidazole rings is 1. The van der Waals surface area contributed by atoms with E-state index in [0.717, 1.165) is 27.8 Å². The predicted octanol–water partition coefficient (Wildman–Crippen LogP) is 4.53. The third-order valence-electron chi connectivity index (χ3n) is 5.33. The second-order valence-electron chi connectivity index (χ2n) is 7.26. The molecular formula is C20H14ClF3N4O. The van der Waals surface area contributed by atoms with Crippen molar-refractivity contribution in [1.29, 1.82) is 0 Å². The normalized spacial score (nSPS) is 19.2. The summed E-state index contributed by atoms with van der Waals surface area (Å²) >= 11 is 6.12. The van der Waals surface area contributed by atoms with Crippen LogP contribution >= 0.6 is 11.6 Å². The zero-order chi connectivity index (χ0) is 20.3. The van der Waals surface area contributed by atoms with Crippen LogP contribution in [0.2, 0.25) is 5.15 Å². The Morgan fingerprint density at radius 1 is 1.14 bits per heavy atom. The smallest absolute Gasteiger partial charge is 0.299 e. The number of alkyl halides is 3. The summed E-state index contributed by atoms with van der Waals surface area (Å²) in [6.45, 7) is -1.31. The topological polar surface area (TPSA) is 52.2 Å². The molecule has 0 saturated heterocycles. The number of pyridine rings is 1. The molecule has 0 spiro atoms. The van der Waals surface area contributed by atoms with E-state index < -0.39 is 18.3 Å². The van der Waals surface area contributed by atoms with E-state index in [1.807, 2.05) is 6.07 Å². The molecule has 9 heteroatoms. The van der Waals surface area contributed by atoms with Crippen LogP contribution < -0.4 is 5.56 Å². The van der Waals surface area contributed by atoms with Gasteiger partial charge in [0.25, 0.3) is 5.56 Å². The van der Waals surface area contributed by atoms with Gasteiger partial charge in [0.15, 0.2) is 5.65 Å². The second-order valence-corrected chi connectivity index (χ2v) is 7.64. The SMILES string of the molecule is O=c1ccc2ccc([C@H]3C[C@@H]3c3cc(Cl)nn4ccnc34)cc2n1CC(F)(F)F. The molecule has 0 radical (unpaired) electrons. The lowest BCUT2D eigenvalue weighted by molar-refractivity contribution is -0.140. The fourth-order valence-corrected chi connectivity index (χ4v) is 4.17. The maximum atomic E-state index is 13.0. The van der Waals surface area contributed by atoms with E-state index in [4.69, 9.17) is 11.6 Å². The molecule has 1 saturated carbocycles. The maximum absolute atomic E-state index is 13.0. The number of rotatable bonds is 3. The van der Waals surface area contributed by atoms with Crippen molar-refractivity contribution >= 4 is 28.2 Å². The number of aromatic nitrogens is 4. The van der Waals surface area contributed by atoms with E-state index in [0.29, 0.717) is 10.5 Å². The zero-order valence-electron chi connectivity index (χ0n) is 14.9. The molecule has 3 heterocycles. The summed E-state index contributed by atoms with van der Waals surface area (Å²) in [6, 6.07) is 9.86. The molecule has 1 aromatic carbocycles. The summed E-state index contributed by atoms with van der Waals surface area (Å²) < 4.78 is 41.3. The highest BCUT2D eigenvalue weighted by Crippen LogP contribution is 2.55. The predicted molar refractivity (Wildman–Crippen MR) is 102 cm³/mol. The Bertz CT molecular complexity index is 1310. The Kier molecular flexibility index (Phi) is 3.96. The highest BCUT2D eigenvalue weighted by molar-refractivity contribution is 6.29. The number of fused-ring (bicyclic) bond motifs is 2. The molecule has 1 fully saturated rings. The molecule has 0 amide bonds. The lowest BCUT2D eigenvalue weighted by Crippen LogP contribution is -2.27. The molecule has 1 aliphatic rings. The van der Waals surface area contributed by atoms with Crippen LogP contribution in [-0.4, -0.2) is 25.3 Å². The third kappa shape index (κ3) is 3.27. The molecular weight excluding hydrogens is 405 g/mol. The molecule has 0 bridgehead atoms. The first-order valence-electron chi connectivity index (χ1n) is 9.00. The Morgan fingerprint density at radius 3 is 2.72 bits per heavy atom. The fraction of sp³-hybridized carbons (Fsp3) is 0.250. The van der Waals surface area contributed by atoms with Crippen LogP contribution in [0.3, 0.4) is 0 Å². The lowest BCUT2D eigenvalue weighted by Gasteiger charge is -2.13. The van der Waals surface area contributed by atoms with Crippen LogP contribution in [0.15, 0.2) is 53.6 Å². The van der Waals surface area contributed by atoms with Crippen LogP contribution in [-0.2, 0) is 6.54 Å². The Balaban J connectivity index is 1.56. The molecule has 1 aliphatic carbocycles. The maximum Gasteiger partial charge on any atom is 0.406 e. The largest absolute Gasteiger partial charge is 0.406 e. The van der Waals surface area contributed by atoms with Gasteiger partial charge in [0.05, 0.1) is 5.52 Å². The quantitative estimate of drug-likeness (QED) is 0.491. The number of hydrogen-bond acceptors (Lipinski definition) is 3. The van der Waals surface area contributed by atoms with Gasteiger partial charge in [-0.1, -0.05) is 23.7 Å².